The number of hydrogen-bond donors (Lipinski definition) is 1. The third-order valence-electron chi connectivity index (χ3n) is 6.73. The quantitative estimate of drug-likeness (QED) is 0.0736. The molecule has 1 saturated heterocycles. The van der Waals surface area contributed by atoms with Crippen molar-refractivity contribution >= 4 is 39.9 Å². The molecule has 4 aromatic rings. The van der Waals surface area contributed by atoms with Crippen LogP contribution >= 0.6 is 11.3 Å². The highest BCUT2D eigenvalue weighted by molar-refractivity contribution is 7.17. The van der Waals surface area contributed by atoms with Gasteiger partial charge in [0.25, 0.3) is 5.78 Å². The molecule has 1 aliphatic heterocycles. The van der Waals surface area contributed by atoms with Gasteiger partial charge in [0.05, 0.1) is 23.9 Å². The van der Waals surface area contributed by atoms with E-state index in [1.165, 1.54) is 35.5 Å². The maximum Gasteiger partial charge on any atom is 0.350 e. The Labute approximate surface area is 257 Å². The van der Waals surface area contributed by atoms with Crippen molar-refractivity contribution in [1.82, 2.24) is 9.97 Å². The molecule has 1 atom stereocenters. The number of ether oxygens (including phenoxy) is 3. The number of thiazole rings is 1. The number of aliphatic hydroxyl groups excluding tert-OH is 1. The zero-order valence-electron chi connectivity index (χ0n) is 24.1. The first-order chi connectivity index (χ1) is 21.3. The van der Waals surface area contributed by atoms with E-state index < -0.39 is 23.7 Å². The molecule has 1 fully saturated rings. The summed E-state index contributed by atoms with van der Waals surface area (Å²) in [6.45, 7) is 7.61. The van der Waals surface area contributed by atoms with E-state index in [9.17, 15) is 19.5 Å². The number of aromatic nitrogens is 2. The number of benzene rings is 2. The smallest absolute Gasteiger partial charge is 0.350 e. The second kappa shape index (κ2) is 13.3. The summed E-state index contributed by atoms with van der Waals surface area (Å²) in [4.78, 5) is 49.7. The number of aliphatic hydroxyl groups is 1. The van der Waals surface area contributed by atoms with E-state index in [4.69, 9.17) is 14.2 Å². The molecule has 0 radical (unpaired) electrons. The second-order valence-corrected chi connectivity index (χ2v) is 10.6. The highest BCUT2D eigenvalue weighted by Crippen LogP contribution is 2.45. The molecule has 0 spiro atoms. The van der Waals surface area contributed by atoms with Gasteiger partial charge in [-0.05, 0) is 49.2 Å². The van der Waals surface area contributed by atoms with Gasteiger partial charge in [0.2, 0.25) is 0 Å². The Morgan fingerprint density at radius 3 is 2.52 bits per heavy atom. The number of nitrogens with zero attached hydrogens (tertiary/aromatic N) is 3. The summed E-state index contributed by atoms with van der Waals surface area (Å²) in [7, 11) is 0. The third-order valence-corrected chi connectivity index (χ3v) is 7.86. The van der Waals surface area contributed by atoms with Crippen molar-refractivity contribution in [2.75, 3.05) is 18.1 Å². The Morgan fingerprint density at radius 2 is 1.82 bits per heavy atom. The average Bonchev–Trinajstić information content (AvgIpc) is 3.55. The van der Waals surface area contributed by atoms with Gasteiger partial charge < -0.3 is 19.3 Å². The second-order valence-electron chi connectivity index (χ2n) is 9.62. The van der Waals surface area contributed by atoms with E-state index in [0.29, 0.717) is 41.5 Å². The van der Waals surface area contributed by atoms with Gasteiger partial charge in [-0.1, -0.05) is 60.4 Å². The fourth-order valence-electron chi connectivity index (χ4n) is 4.70. The van der Waals surface area contributed by atoms with Gasteiger partial charge in [-0.15, -0.1) is 0 Å². The molecular weight excluding hydrogens is 582 g/mol. The molecule has 44 heavy (non-hydrogen) atoms. The van der Waals surface area contributed by atoms with E-state index in [1.807, 2.05) is 37.3 Å². The van der Waals surface area contributed by atoms with Crippen molar-refractivity contribution in [3.8, 4) is 11.5 Å². The third kappa shape index (κ3) is 6.09. The van der Waals surface area contributed by atoms with Crippen LogP contribution in [0.5, 0.6) is 11.5 Å². The van der Waals surface area contributed by atoms with Crippen molar-refractivity contribution in [3.05, 3.63) is 119 Å². The molecule has 1 amide bonds. The maximum absolute atomic E-state index is 13.6. The zero-order valence-corrected chi connectivity index (χ0v) is 24.9. The molecule has 0 saturated carbocycles. The molecular formula is C33H29N3O7S. The fraction of sp³-hybridized carbons (Fsp3) is 0.182. The highest BCUT2D eigenvalue weighted by Gasteiger charge is 2.48. The lowest BCUT2D eigenvalue weighted by molar-refractivity contribution is -0.132. The van der Waals surface area contributed by atoms with Crippen LogP contribution in [-0.4, -0.2) is 45.9 Å². The Kier molecular flexibility index (Phi) is 9.15. The van der Waals surface area contributed by atoms with Crippen LogP contribution in [0.2, 0.25) is 0 Å². The minimum Gasteiger partial charge on any atom is -0.507 e. The van der Waals surface area contributed by atoms with Crippen LogP contribution in [0.4, 0.5) is 5.13 Å². The van der Waals surface area contributed by atoms with Gasteiger partial charge in [0, 0.05) is 18.0 Å². The van der Waals surface area contributed by atoms with E-state index in [-0.39, 0.29) is 27.9 Å². The minimum atomic E-state index is -1.10. The Balaban J connectivity index is 1.62. The number of rotatable bonds is 11. The Bertz CT molecular complexity index is 1730. The summed E-state index contributed by atoms with van der Waals surface area (Å²) in [5, 5.41) is 11.5. The molecule has 2 aromatic carbocycles. The van der Waals surface area contributed by atoms with Crippen LogP contribution < -0.4 is 14.4 Å². The highest BCUT2D eigenvalue weighted by atomic mass is 32.1. The molecule has 1 unspecified atom stereocenters. The first kappa shape index (κ1) is 30.2. The monoisotopic (exact) mass is 611 g/mol. The molecule has 224 valence electrons. The maximum atomic E-state index is 13.6. The van der Waals surface area contributed by atoms with Gasteiger partial charge in [0.1, 0.15) is 23.9 Å². The van der Waals surface area contributed by atoms with Crippen LogP contribution in [0.15, 0.2) is 91.3 Å². The number of ketones is 1. The van der Waals surface area contributed by atoms with Gasteiger partial charge >= 0.3 is 11.9 Å². The number of aryl methyl sites for hydroxylation is 1. The van der Waals surface area contributed by atoms with Gasteiger partial charge in [-0.2, -0.15) is 0 Å². The average molecular weight is 612 g/mol. The van der Waals surface area contributed by atoms with Crippen molar-refractivity contribution in [1.29, 1.82) is 0 Å². The summed E-state index contributed by atoms with van der Waals surface area (Å²) in [6.07, 6.45) is 4.38. The molecule has 1 aliphatic rings. The molecule has 11 heteroatoms. The van der Waals surface area contributed by atoms with Crippen molar-refractivity contribution in [3.63, 3.8) is 0 Å². The minimum absolute atomic E-state index is 0.000844. The first-order valence-corrected chi connectivity index (χ1v) is 14.6. The lowest BCUT2D eigenvalue weighted by Crippen LogP contribution is -2.29. The fourth-order valence-corrected chi connectivity index (χ4v) is 5.69. The van der Waals surface area contributed by atoms with Crippen LogP contribution in [0.1, 0.15) is 45.0 Å². The predicted octanol–water partition coefficient (Wildman–Crippen LogP) is 5.79. The number of pyridine rings is 1. The number of anilines is 1. The van der Waals surface area contributed by atoms with E-state index in [0.717, 1.165) is 16.9 Å². The summed E-state index contributed by atoms with van der Waals surface area (Å²) < 4.78 is 17.1. The number of carbonyl (C=O) groups excluding carboxylic acids is 3. The van der Waals surface area contributed by atoms with Crippen molar-refractivity contribution in [2.45, 2.75) is 26.5 Å². The van der Waals surface area contributed by atoms with E-state index >= 15 is 0 Å². The Hall–Kier alpha value is -5.29. The molecule has 10 nitrogen and oxygen atoms in total. The number of esters is 1. The number of amides is 1. The van der Waals surface area contributed by atoms with E-state index in [2.05, 4.69) is 16.5 Å². The SMILES string of the molecule is C=CCOC(=O)c1sc(N2C(=O)C(=O)C(=C(O)c3ccncc3)C2c2ccc(OCc3ccccc3)c(OCC)c2)nc1C. The molecule has 0 bridgehead atoms. The van der Waals surface area contributed by atoms with Crippen LogP contribution in [0.3, 0.4) is 0 Å². The summed E-state index contributed by atoms with van der Waals surface area (Å²) >= 11 is 0.915. The van der Waals surface area contributed by atoms with Crippen molar-refractivity contribution < 1.29 is 33.7 Å². The zero-order chi connectivity index (χ0) is 31.2. The molecule has 5 rings (SSSR count). The lowest BCUT2D eigenvalue weighted by atomic mass is 9.95. The summed E-state index contributed by atoms with van der Waals surface area (Å²) in [6, 6.07) is 16.7. The normalized spacial score (nSPS) is 15.7. The van der Waals surface area contributed by atoms with Crippen molar-refractivity contribution in [2.24, 2.45) is 0 Å². The molecule has 3 heterocycles. The topological polar surface area (TPSA) is 128 Å². The Morgan fingerprint density at radius 1 is 1.07 bits per heavy atom. The van der Waals surface area contributed by atoms with Gasteiger partial charge in [0.15, 0.2) is 16.6 Å². The first-order valence-electron chi connectivity index (χ1n) is 13.7. The number of hydrogen-bond acceptors (Lipinski definition) is 10. The lowest BCUT2D eigenvalue weighted by Gasteiger charge is -2.24. The van der Waals surface area contributed by atoms with E-state index in [1.54, 1.807) is 25.1 Å². The summed E-state index contributed by atoms with van der Waals surface area (Å²) in [5.41, 5.74) is 1.91. The molecule has 0 aliphatic carbocycles. The van der Waals surface area contributed by atoms with Crippen LogP contribution in [-0.2, 0) is 20.9 Å². The van der Waals surface area contributed by atoms with Crippen LogP contribution in [0, 0.1) is 6.92 Å². The number of carbonyl (C=O) groups is 3. The molecule has 2 aromatic heterocycles. The molecule has 1 N–H and O–H groups in total. The largest absolute Gasteiger partial charge is 0.507 e. The van der Waals surface area contributed by atoms with Gasteiger partial charge in [-0.3, -0.25) is 19.5 Å². The van der Waals surface area contributed by atoms with Gasteiger partial charge in [-0.25, -0.2) is 9.78 Å². The standard InChI is InChI=1S/C33H29N3O7S/c1-4-17-42-32(40)30-20(3)35-33(44-30)36-27(26(29(38)31(36)39)28(37)22-13-15-34-16-14-22)23-11-12-24(25(18-23)41-5-2)43-19-21-9-7-6-8-10-21/h4,6-16,18,27,37H,1,5,17,19H2,2-3H3. The summed E-state index contributed by atoms with van der Waals surface area (Å²) in [5.74, 6) is -1.97. The van der Waals surface area contributed by atoms with Crippen LogP contribution in [0.25, 0.3) is 5.76 Å². The predicted molar refractivity (Wildman–Crippen MR) is 165 cm³/mol. The number of Topliss-reactive ketones (excluding diaryl/α,β-unsaturated/α-hetero) is 1.